The second-order valence-electron chi connectivity index (χ2n) is 4.22. The van der Waals surface area contributed by atoms with Crippen LogP contribution in [0.15, 0.2) is 16.8 Å². The summed E-state index contributed by atoms with van der Waals surface area (Å²) in [6, 6.07) is 1.38. The second kappa shape index (κ2) is 5.78. The van der Waals surface area contributed by atoms with Crippen molar-refractivity contribution in [2.45, 2.75) is 25.1 Å². The summed E-state index contributed by atoms with van der Waals surface area (Å²) in [4.78, 5) is 7.66. The summed E-state index contributed by atoms with van der Waals surface area (Å²) < 4.78 is 42.0. The second-order valence-corrected chi connectivity index (χ2v) is 5.06. The Labute approximate surface area is 126 Å². The van der Waals surface area contributed by atoms with Crippen LogP contribution in [-0.4, -0.2) is 32.5 Å². The molecule has 0 aliphatic rings. The van der Waals surface area contributed by atoms with E-state index >= 15 is 0 Å². The number of aliphatic hydroxyl groups excluding tert-OH is 1. The molecule has 0 saturated heterocycles. The van der Waals surface area contributed by atoms with Crippen molar-refractivity contribution in [2.75, 3.05) is 0 Å². The first-order valence-electron chi connectivity index (χ1n) is 5.60. The molecule has 2 aromatic heterocycles. The van der Waals surface area contributed by atoms with Crippen LogP contribution in [0.3, 0.4) is 0 Å². The molecule has 10 heteroatoms. The summed E-state index contributed by atoms with van der Waals surface area (Å²) in [5.41, 5.74) is 0.116. The van der Waals surface area contributed by atoms with Gasteiger partial charge in [0.25, 0.3) is 0 Å². The van der Waals surface area contributed by atoms with Crippen LogP contribution in [0.2, 0.25) is 10.0 Å². The van der Waals surface area contributed by atoms with Gasteiger partial charge in [0.2, 0.25) is 11.7 Å². The lowest BCUT2D eigenvalue weighted by atomic mass is 10.0. The Morgan fingerprint density at radius 3 is 2.57 bits per heavy atom. The monoisotopic (exact) mass is 341 g/mol. The highest BCUT2D eigenvalue weighted by Gasteiger charge is 2.44. The summed E-state index contributed by atoms with van der Waals surface area (Å²) >= 11 is 11.6. The lowest BCUT2D eigenvalue weighted by Crippen LogP contribution is -2.33. The zero-order valence-corrected chi connectivity index (χ0v) is 11.9. The molecule has 2 aromatic rings. The highest BCUT2D eigenvalue weighted by molar-refractivity contribution is 6.35. The third kappa shape index (κ3) is 3.45. The first kappa shape index (κ1) is 16.0. The summed E-state index contributed by atoms with van der Waals surface area (Å²) in [5.74, 6) is -1.88. The van der Waals surface area contributed by atoms with Crippen LogP contribution in [-0.2, 0) is 0 Å². The van der Waals surface area contributed by atoms with Gasteiger partial charge in [-0.05, 0) is 6.07 Å². The van der Waals surface area contributed by atoms with Crippen molar-refractivity contribution >= 4 is 23.2 Å². The Balaban J connectivity index is 2.30. The standard InChI is InChI=1S/C11H8Cl2F3N3O2/c1-4(8(20)11(14,15)16)10-18-9(19-21-10)7-6(13)2-5(12)3-17-7/h2-4,8,20H,1H3. The Hall–Kier alpha value is -1.38. The lowest BCUT2D eigenvalue weighted by Gasteiger charge is -2.17. The van der Waals surface area contributed by atoms with Crippen LogP contribution in [0.4, 0.5) is 13.2 Å². The molecule has 21 heavy (non-hydrogen) atoms. The Morgan fingerprint density at radius 1 is 1.33 bits per heavy atom. The van der Waals surface area contributed by atoms with Crippen LogP contribution in [0, 0.1) is 0 Å². The molecule has 0 fully saturated rings. The summed E-state index contributed by atoms with van der Waals surface area (Å²) in [7, 11) is 0. The first-order valence-corrected chi connectivity index (χ1v) is 6.35. The van der Waals surface area contributed by atoms with Gasteiger partial charge in [0.1, 0.15) is 5.69 Å². The lowest BCUT2D eigenvalue weighted by molar-refractivity contribution is -0.210. The van der Waals surface area contributed by atoms with Gasteiger partial charge in [-0.15, -0.1) is 0 Å². The summed E-state index contributed by atoms with van der Waals surface area (Å²) in [5, 5.41) is 13.1. The maximum Gasteiger partial charge on any atom is 0.415 e. The smallest absolute Gasteiger partial charge is 0.383 e. The molecule has 2 rings (SSSR count). The van der Waals surface area contributed by atoms with Gasteiger partial charge < -0.3 is 9.63 Å². The molecule has 0 aromatic carbocycles. The first-order chi connectivity index (χ1) is 9.70. The highest BCUT2D eigenvalue weighted by atomic mass is 35.5. The quantitative estimate of drug-likeness (QED) is 0.925. The number of aromatic nitrogens is 3. The van der Waals surface area contributed by atoms with Crippen LogP contribution in [0.1, 0.15) is 18.7 Å². The number of halogens is 5. The number of alkyl halides is 3. The molecule has 0 aliphatic heterocycles. The molecular formula is C11H8Cl2F3N3O2. The fraction of sp³-hybridized carbons (Fsp3) is 0.364. The van der Waals surface area contributed by atoms with Gasteiger partial charge in [-0.2, -0.15) is 18.2 Å². The van der Waals surface area contributed by atoms with Crippen molar-refractivity contribution < 1.29 is 22.8 Å². The predicted molar refractivity (Wildman–Crippen MR) is 68.0 cm³/mol. The predicted octanol–water partition coefficient (Wildman–Crippen LogP) is 3.47. The van der Waals surface area contributed by atoms with E-state index < -0.39 is 18.2 Å². The molecule has 114 valence electrons. The van der Waals surface area contributed by atoms with Crippen molar-refractivity contribution in [2.24, 2.45) is 0 Å². The average molecular weight is 342 g/mol. The largest absolute Gasteiger partial charge is 0.415 e. The van der Waals surface area contributed by atoms with Gasteiger partial charge in [0.15, 0.2) is 6.10 Å². The maximum absolute atomic E-state index is 12.4. The van der Waals surface area contributed by atoms with Crippen molar-refractivity contribution in [3.63, 3.8) is 0 Å². The topological polar surface area (TPSA) is 72.0 Å². The van der Waals surface area contributed by atoms with Gasteiger partial charge in [-0.3, -0.25) is 0 Å². The van der Waals surface area contributed by atoms with Gasteiger partial charge in [0, 0.05) is 6.20 Å². The number of pyridine rings is 1. The molecule has 2 heterocycles. The third-order valence-electron chi connectivity index (χ3n) is 2.66. The fourth-order valence-electron chi connectivity index (χ4n) is 1.51. The fourth-order valence-corrected chi connectivity index (χ4v) is 1.98. The molecule has 5 nitrogen and oxygen atoms in total. The Morgan fingerprint density at radius 2 is 2.00 bits per heavy atom. The van der Waals surface area contributed by atoms with Crippen molar-refractivity contribution in [3.05, 3.63) is 28.2 Å². The summed E-state index contributed by atoms with van der Waals surface area (Å²) in [6.45, 7) is 1.12. The van der Waals surface area contributed by atoms with Crippen molar-refractivity contribution in [1.82, 2.24) is 15.1 Å². The molecule has 0 spiro atoms. The molecule has 0 saturated carbocycles. The van der Waals surface area contributed by atoms with E-state index in [4.69, 9.17) is 32.8 Å². The average Bonchev–Trinajstić information content (AvgIpc) is 2.85. The van der Waals surface area contributed by atoms with Crippen LogP contribution >= 0.6 is 23.2 Å². The molecule has 0 amide bonds. The van der Waals surface area contributed by atoms with Gasteiger partial charge in [-0.25, -0.2) is 4.98 Å². The van der Waals surface area contributed by atoms with E-state index in [1.165, 1.54) is 12.3 Å². The number of nitrogens with zero attached hydrogens (tertiary/aromatic N) is 3. The van der Waals surface area contributed by atoms with E-state index in [2.05, 4.69) is 15.1 Å². The Bertz CT molecular complexity index is 648. The zero-order valence-electron chi connectivity index (χ0n) is 10.4. The van der Waals surface area contributed by atoms with Crippen LogP contribution in [0.25, 0.3) is 11.5 Å². The molecule has 0 radical (unpaired) electrons. The van der Waals surface area contributed by atoms with Gasteiger partial charge >= 0.3 is 6.18 Å². The van der Waals surface area contributed by atoms with E-state index in [9.17, 15) is 13.2 Å². The number of hydrogen-bond donors (Lipinski definition) is 1. The minimum atomic E-state index is -4.79. The van der Waals surface area contributed by atoms with E-state index in [0.717, 1.165) is 6.92 Å². The third-order valence-corrected chi connectivity index (χ3v) is 3.15. The van der Waals surface area contributed by atoms with Crippen LogP contribution < -0.4 is 0 Å². The van der Waals surface area contributed by atoms with Crippen molar-refractivity contribution in [1.29, 1.82) is 0 Å². The highest BCUT2D eigenvalue weighted by Crippen LogP contribution is 2.32. The van der Waals surface area contributed by atoms with E-state index in [1.807, 2.05) is 0 Å². The molecule has 0 bridgehead atoms. The normalized spacial score (nSPS) is 15.0. The maximum atomic E-state index is 12.4. The number of hydrogen-bond acceptors (Lipinski definition) is 5. The molecule has 1 N–H and O–H groups in total. The van der Waals surface area contributed by atoms with Gasteiger partial charge in [-0.1, -0.05) is 35.3 Å². The van der Waals surface area contributed by atoms with E-state index in [1.54, 1.807) is 0 Å². The molecule has 2 atom stereocenters. The molecule has 2 unspecified atom stereocenters. The number of aliphatic hydroxyl groups is 1. The minimum absolute atomic E-state index is 0.0899. The SMILES string of the molecule is CC(c1nc(-c2ncc(Cl)cc2Cl)no1)C(O)C(F)(F)F. The summed E-state index contributed by atoms with van der Waals surface area (Å²) in [6.07, 6.45) is -6.11. The van der Waals surface area contributed by atoms with Gasteiger partial charge in [0.05, 0.1) is 16.0 Å². The molecule has 0 aliphatic carbocycles. The van der Waals surface area contributed by atoms with Crippen molar-refractivity contribution in [3.8, 4) is 11.5 Å². The van der Waals surface area contributed by atoms with E-state index in [-0.39, 0.29) is 27.5 Å². The minimum Gasteiger partial charge on any atom is -0.383 e. The zero-order chi connectivity index (χ0) is 15.8. The Kier molecular flexibility index (Phi) is 4.40. The van der Waals surface area contributed by atoms with E-state index in [0.29, 0.717) is 0 Å². The van der Waals surface area contributed by atoms with Crippen LogP contribution in [0.5, 0.6) is 0 Å². The number of rotatable bonds is 3. The molecular weight excluding hydrogens is 334 g/mol.